The van der Waals surface area contributed by atoms with E-state index in [4.69, 9.17) is 17.3 Å². The summed E-state index contributed by atoms with van der Waals surface area (Å²) in [4.78, 5) is 18.1. The fourth-order valence-electron chi connectivity index (χ4n) is 1.88. The number of hydrogen-bond donors (Lipinski definition) is 2. The maximum absolute atomic E-state index is 12.2. The molecule has 110 valence electrons. The molecule has 21 heavy (non-hydrogen) atoms. The summed E-state index contributed by atoms with van der Waals surface area (Å²) in [6.45, 7) is 0.296. The largest absolute Gasteiger partial charge is 0.376 e. The van der Waals surface area contributed by atoms with Gasteiger partial charge in [-0.15, -0.1) is 0 Å². The highest BCUT2D eigenvalue weighted by molar-refractivity contribution is 6.33. The Bertz CT molecular complexity index is 658. The van der Waals surface area contributed by atoms with E-state index in [2.05, 4.69) is 10.3 Å². The number of anilines is 2. The van der Waals surface area contributed by atoms with Crippen molar-refractivity contribution in [3.05, 3.63) is 52.8 Å². The highest BCUT2D eigenvalue weighted by Gasteiger charge is 2.09. The van der Waals surface area contributed by atoms with Gasteiger partial charge in [-0.1, -0.05) is 11.6 Å². The normalized spacial score (nSPS) is 10.3. The molecule has 0 radical (unpaired) electrons. The number of nitrogens with zero attached hydrogens (tertiary/aromatic N) is 2. The van der Waals surface area contributed by atoms with Crippen LogP contribution in [0.2, 0.25) is 5.02 Å². The molecule has 2 rings (SSSR count). The van der Waals surface area contributed by atoms with E-state index in [1.807, 2.05) is 31.1 Å². The SMILES string of the molecule is CN(C)c1ccc(NC(=O)c2ccnc(CN)c2)cc1Cl. The lowest BCUT2D eigenvalue weighted by Gasteiger charge is -2.15. The van der Waals surface area contributed by atoms with Gasteiger partial charge in [0.25, 0.3) is 5.91 Å². The first kappa shape index (κ1) is 15.3. The molecule has 0 fully saturated rings. The van der Waals surface area contributed by atoms with Crippen molar-refractivity contribution in [1.29, 1.82) is 0 Å². The molecular weight excluding hydrogens is 288 g/mol. The van der Waals surface area contributed by atoms with E-state index < -0.39 is 0 Å². The summed E-state index contributed by atoms with van der Waals surface area (Å²) in [5.41, 5.74) is 8.24. The van der Waals surface area contributed by atoms with Crippen molar-refractivity contribution in [3.8, 4) is 0 Å². The number of benzene rings is 1. The third-order valence-corrected chi connectivity index (χ3v) is 3.28. The molecule has 5 nitrogen and oxygen atoms in total. The van der Waals surface area contributed by atoms with Crippen molar-refractivity contribution in [2.24, 2.45) is 5.73 Å². The van der Waals surface area contributed by atoms with Gasteiger partial charge >= 0.3 is 0 Å². The van der Waals surface area contributed by atoms with Gasteiger partial charge in [-0.2, -0.15) is 0 Å². The third-order valence-electron chi connectivity index (χ3n) is 2.98. The van der Waals surface area contributed by atoms with E-state index in [1.54, 1.807) is 24.4 Å². The van der Waals surface area contributed by atoms with E-state index >= 15 is 0 Å². The minimum atomic E-state index is -0.222. The van der Waals surface area contributed by atoms with Gasteiger partial charge in [-0.25, -0.2) is 0 Å². The molecule has 1 amide bonds. The summed E-state index contributed by atoms with van der Waals surface area (Å²) in [5.74, 6) is -0.222. The molecule has 0 unspecified atom stereocenters. The number of aromatic nitrogens is 1. The molecule has 1 aromatic heterocycles. The fraction of sp³-hybridized carbons (Fsp3) is 0.200. The van der Waals surface area contributed by atoms with Crippen LogP contribution in [0, 0.1) is 0 Å². The van der Waals surface area contributed by atoms with Gasteiger partial charge in [0.05, 0.1) is 16.4 Å². The van der Waals surface area contributed by atoms with Gasteiger partial charge in [0, 0.05) is 38.1 Å². The van der Waals surface area contributed by atoms with Gasteiger partial charge in [0.15, 0.2) is 0 Å². The smallest absolute Gasteiger partial charge is 0.255 e. The Balaban J connectivity index is 2.17. The molecule has 1 aromatic carbocycles. The van der Waals surface area contributed by atoms with Crippen LogP contribution in [-0.4, -0.2) is 25.0 Å². The lowest BCUT2D eigenvalue weighted by atomic mass is 10.2. The van der Waals surface area contributed by atoms with Crippen LogP contribution in [0.1, 0.15) is 16.1 Å². The minimum Gasteiger partial charge on any atom is -0.376 e. The predicted molar refractivity (Wildman–Crippen MR) is 85.9 cm³/mol. The second-order valence-corrected chi connectivity index (χ2v) is 5.16. The molecule has 0 aliphatic carbocycles. The Morgan fingerprint density at radius 1 is 1.33 bits per heavy atom. The Morgan fingerprint density at radius 3 is 2.71 bits per heavy atom. The van der Waals surface area contributed by atoms with Crippen molar-refractivity contribution in [2.45, 2.75) is 6.54 Å². The number of halogens is 1. The maximum atomic E-state index is 12.2. The second-order valence-electron chi connectivity index (χ2n) is 4.75. The highest BCUT2D eigenvalue weighted by Crippen LogP contribution is 2.27. The standard InChI is InChI=1S/C15H17ClN4O/c1-20(2)14-4-3-11(8-13(14)16)19-15(21)10-5-6-18-12(7-10)9-17/h3-8H,9,17H2,1-2H3,(H,19,21). The van der Waals surface area contributed by atoms with Crippen molar-refractivity contribution in [3.63, 3.8) is 0 Å². The number of pyridine rings is 1. The van der Waals surface area contributed by atoms with Crippen molar-refractivity contribution in [1.82, 2.24) is 4.98 Å². The number of nitrogens with one attached hydrogen (secondary N) is 1. The zero-order valence-corrected chi connectivity index (χ0v) is 12.7. The van der Waals surface area contributed by atoms with Crippen LogP contribution in [0.4, 0.5) is 11.4 Å². The topological polar surface area (TPSA) is 71.2 Å². The van der Waals surface area contributed by atoms with E-state index in [-0.39, 0.29) is 5.91 Å². The first-order valence-corrected chi connectivity index (χ1v) is 6.82. The molecule has 6 heteroatoms. The number of rotatable bonds is 4. The summed E-state index contributed by atoms with van der Waals surface area (Å²) in [6, 6.07) is 8.70. The van der Waals surface area contributed by atoms with Crippen molar-refractivity contribution < 1.29 is 4.79 Å². The summed E-state index contributed by atoms with van der Waals surface area (Å²) in [7, 11) is 3.82. The van der Waals surface area contributed by atoms with E-state index in [0.717, 1.165) is 5.69 Å². The molecule has 0 atom stereocenters. The molecular formula is C15H17ClN4O. The van der Waals surface area contributed by atoms with E-state index in [1.165, 1.54) is 0 Å². The second kappa shape index (κ2) is 6.56. The van der Waals surface area contributed by atoms with E-state index in [0.29, 0.717) is 28.5 Å². The predicted octanol–water partition coefficient (Wildman–Crippen LogP) is 2.51. The summed E-state index contributed by atoms with van der Waals surface area (Å²) < 4.78 is 0. The van der Waals surface area contributed by atoms with Crippen LogP contribution in [0.5, 0.6) is 0 Å². The molecule has 3 N–H and O–H groups in total. The highest BCUT2D eigenvalue weighted by atomic mass is 35.5. The van der Waals surface area contributed by atoms with Crippen LogP contribution in [-0.2, 0) is 6.54 Å². The van der Waals surface area contributed by atoms with Gasteiger partial charge < -0.3 is 16.0 Å². The monoisotopic (exact) mass is 304 g/mol. The summed E-state index contributed by atoms with van der Waals surface area (Å²) >= 11 is 6.18. The number of carbonyl (C=O) groups is 1. The lowest BCUT2D eigenvalue weighted by Crippen LogP contribution is -2.14. The Morgan fingerprint density at radius 2 is 2.10 bits per heavy atom. The summed E-state index contributed by atoms with van der Waals surface area (Å²) in [5, 5.41) is 3.38. The van der Waals surface area contributed by atoms with Gasteiger partial charge in [-0.05, 0) is 30.3 Å². The Hall–Kier alpha value is -2.11. The number of amides is 1. The van der Waals surface area contributed by atoms with Crippen LogP contribution in [0.15, 0.2) is 36.5 Å². The zero-order chi connectivity index (χ0) is 15.4. The number of hydrogen-bond acceptors (Lipinski definition) is 4. The quantitative estimate of drug-likeness (QED) is 0.910. The molecule has 0 aliphatic heterocycles. The molecule has 1 heterocycles. The summed E-state index contributed by atoms with van der Waals surface area (Å²) in [6.07, 6.45) is 1.57. The zero-order valence-electron chi connectivity index (χ0n) is 11.9. The Labute approximate surface area is 128 Å². The maximum Gasteiger partial charge on any atom is 0.255 e. The minimum absolute atomic E-state index is 0.222. The fourth-order valence-corrected chi connectivity index (χ4v) is 2.23. The molecule has 0 spiro atoms. The Kier molecular flexibility index (Phi) is 4.77. The van der Waals surface area contributed by atoms with Crippen LogP contribution >= 0.6 is 11.6 Å². The molecule has 0 aliphatic rings. The van der Waals surface area contributed by atoms with Crippen LogP contribution in [0.3, 0.4) is 0 Å². The van der Waals surface area contributed by atoms with Crippen molar-refractivity contribution in [2.75, 3.05) is 24.3 Å². The van der Waals surface area contributed by atoms with Crippen LogP contribution < -0.4 is 16.0 Å². The molecule has 2 aromatic rings. The number of carbonyl (C=O) groups excluding carboxylic acids is 1. The van der Waals surface area contributed by atoms with Gasteiger partial charge in [0.2, 0.25) is 0 Å². The third kappa shape index (κ3) is 3.71. The molecule has 0 saturated carbocycles. The molecule has 0 bridgehead atoms. The first-order chi connectivity index (χ1) is 10.0. The van der Waals surface area contributed by atoms with E-state index in [9.17, 15) is 4.79 Å². The number of nitrogens with two attached hydrogens (primary N) is 1. The van der Waals surface area contributed by atoms with Gasteiger partial charge in [-0.3, -0.25) is 9.78 Å². The van der Waals surface area contributed by atoms with Crippen molar-refractivity contribution >= 4 is 28.9 Å². The first-order valence-electron chi connectivity index (χ1n) is 6.44. The van der Waals surface area contributed by atoms with Gasteiger partial charge in [0.1, 0.15) is 0 Å². The lowest BCUT2D eigenvalue weighted by molar-refractivity contribution is 0.102. The average Bonchev–Trinajstić information content (AvgIpc) is 2.47. The average molecular weight is 305 g/mol. The van der Waals surface area contributed by atoms with Crippen LogP contribution in [0.25, 0.3) is 0 Å². The molecule has 0 saturated heterocycles.